The number of carbonyl (C=O) groups is 1. The lowest BCUT2D eigenvalue weighted by Gasteiger charge is -2.39. The molecule has 2 unspecified atom stereocenters. The summed E-state index contributed by atoms with van der Waals surface area (Å²) in [6, 6.07) is 10.5. The average molecular weight is 304 g/mol. The van der Waals surface area contributed by atoms with Crippen molar-refractivity contribution in [3.63, 3.8) is 0 Å². The molecule has 1 amide bonds. The number of para-hydroxylation sites is 1. The van der Waals surface area contributed by atoms with Gasteiger partial charge in [0.25, 0.3) is 0 Å². The highest BCUT2D eigenvalue weighted by Crippen LogP contribution is 2.25. The third kappa shape index (κ3) is 4.93. The van der Waals surface area contributed by atoms with E-state index in [1.165, 1.54) is 5.69 Å². The Morgan fingerprint density at radius 2 is 1.95 bits per heavy atom. The molecule has 1 aliphatic heterocycles. The molecular formula is C18H28N2O2. The van der Waals surface area contributed by atoms with Crippen LogP contribution in [0.1, 0.15) is 40.5 Å². The number of alkyl carbamates (subject to hydrolysis) is 1. The van der Waals surface area contributed by atoms with Crippen LogP contribution in [-0.4, -0.2) is 30.8 Å². The molecule has 1 aromatic carbocycles. The van der Waals surface area contributed by atoms with Gasteiger partial charge < -0.3 is 15.0 Å². The Kier molecular flexibility index (Phi) is 5.33. The maximum absolute atomic E-state index is 12.0. The topological polar surface area (TPSA) is 41.6 Å². The van der Waals surface area contributed by atoms with Gasteiger partial charge in [0, 0.05) is 18.8 Å². The summed E-state index contributed by atoms with van der Waals surface area (Å²) in [6.07, 6.45) is 1.82. The normalized spacial score (nSPS) is 22.3. The predicted octanol–water partition coefficient (Wildman–Crippen LogP) is 3.82. The summed E-state index contributed by atoms with van der Waals surface area (Å²) >= 11 is 0. The van der Waals surface area contributed by atoms with Crippen LogP contribution in [0.15, 0.2) is 30.3 Å². The minimum atomic E-state index is -0.456. The van der Waals surface area contributed by atoms with Crippen LogP contribution in [0.4, 0.5) is 10.5 Å². The molecule has 1 aliphatic rings. The molecule has 0 aliphatic carbocycles. The number of benzene rings is 1. The molecule has 0 aromatic heterocycles. The fraction of sp³-hybridized carbons (Fsp3) is 0.611. The number of anilines is 1. The summed E-state index contributed by atoms with van der Waals surface area (Å²) in [5.41, 5.74) is 0.763. The third-order valence-electron chi connectivity index (χ3n) is 3.96. The second kappa shape index (κ2) is 7.03. The first kappa shape index (κ1) is 16.7. The van der Waals surface area contributed by atoms with Crippen molar-refractivity contribution in [1.29, 1.82) is 0 Å². The first-order valence-corrected chi connectivity index (χ1v) is 8.17. The molecule has 1 saturated heterocycles. The number of amides is 1. The van der Waals surface area contributed by atoms with E-state index in [0.29, 0.717) is 5.92 Å². The lowest BCUT2D eigenvalue weighted by atomic mass is 9.92. The maximum Gasteiger partial charge on any atom is 0.407 e. The van der Waals surface area contributed by atoms with Crippen LogP contribution in [-0.2, 0) is 4.74 Å². The van der Waals surface area contributed by atoms with Crippen molar-refractivity contribution in [1.82, 2.24) is 5.32 Å². The standard InChI is InChI=1S/C18H28N2O2/c1-5-14-11-15(19-17(21)22-18(2,3)4)13-20(12-14)16-9-7-6-8-10-16/h6-10,14-15H,5,11-13H2,1-4H3,(H,19,21). The van der Waals surface area contributed by atoms with Gasteiger partial charge in [-0.1, -0.05) is 31.5 Å². The molecule has 1 fully saturated rings. The number of ether oxygens (including phenoxy) is 1. The molecule has 0 spiro atoms. The molecule has 1 N–H and O–H groups in total. The van der Waals surface area contributed by atoms with Crippen molar-refractivity contribution in [3.8, 4) is 0 Å². The van der Waals surface area contributed by atoms with Gasteiger partial charge in [0.1, 0.15) is 5.60 Å². The summed E-state index contributed by atoms with van der Waals surface area (Å²) in [6.45, 7) is 9.76. The van der Waals surface area contributed by atoms with Gasteiger partial charge >= 0.3 is 6.09 Å². The van der Waals surface area contributed by atoms with E-state index in [-0.39, 0.29) is 12.1 Å². The second-order valence-electron chi connectivity index (χ2n) is 7.09. The molecule has 4 nitrogen and oxygen atoms in total. The van der Waals surface area contributed by atoms with E-state index in [4.69, 9.17) is 4.74 Å². The van der Waals surface area contributed by atoms with Crippen molar-refractivity contribution >= 4 is 11.8 Å². The Labute approximate surface area is 133 Å². The summed E-state index contributed by atoms with van der Waals surface area (Å²) in [5.74, 6) is 0.592. The summed E-state index contributed by atoms with van der Waals surface area (Å²) in [5, 5.41) is 3.04. The predicted molar refractivity (Wildman–Crippen MR) is 90.2 cm³/mol. The molecular weight excluding hydrogens is 276 g/mol. The minimum absolute atomic E-state index is 0.133. The van der Waals surface area contributed by atoms with Crippen LogP contribution in [0, 0.1) is 5.92 Å². The van der Waals surface area contributed by atoms with Crippen LogP contribution in [0.3, 0.4) is 0 Å². The fourth-order valence-corrected chi connectivity index (χ4v) is 2.93. The monoisotopic (exact) mass is 304 g/mol. The molecule has 4 heteroatoms. The molecule has 0 bridgehead atoms. The van der Waals surface area contributed by atoms with Crippen LogP contribution in [0.25, 0.3) is 0 Å². The number of carbonyl (C=O) groups excluding carboxylic acids is 1. The molecule has 1 heterocycles. The third-order valence-corrected chi connectivity index (χ3v) is 3.96. The van der Waals surface area contributed by atoms with Crippen molar-refractivity contribution in [3.05, 3.63) is 30.3 Å². The second-order valence-corrected chi connectivity index (χ2v) is 7.09. The zero-order chi connectivity index (χ0) is 16.2. The highest BCUT2D eigenvalue weighted by atomic mass is 16.6. The van der Waals surface area contributed by atoms with Crippen LogP contribution in [0.5, 0.6) is 0 Å². The molecule has 2 atom stereocenters. The Hall–Kier alpha value is -1.71. The average Bonchev–Trinajstić information content (AvgIpc) is 2.45. The number of piperidine rings is 1. The number of rotatable bonds is 3. The van der Waals surface area contributed by atoms with Crippen molar-refractivity contribution in [2.24, 2.45) is 5.92 Å². The zero-order valence-corrected chi connectivity index (χ0v) is 14.1. The lowest BCUT2D eigenvalue weighted by molar-refractivity contribution is 0.0493. The van der Waals surface area contributed by atoms with Crippen molar-refractivity contribution < 1.29 is 9.53 Å². The first-order chi connectivity index (χ1) is 10.4. The van der Waals surface area contributed by atoms with E-state index in [9.17, 15) is 4.79 Å². The molecule has 0 saturated carbocycles. The van der Waals surface area contributed by atoms with Crippen LogP contribution < -0.4 is 10.2 Å². The first-order valence-electron chi connectivity index (χ1n) is 8.17. The summed E-state index contributed by atoms with van der Waals surface area (Å²) in [4.78, 5) is 14.4. The van der Waals surface area contributed by atoms with Gasteiger partial charge in [-0.15, -0.1) is 0 Å². The molecule has 1 aromatic rings. The quantitative estimate of drug-likeness (QED) is 0.923. The molecule has 0 radical (unpaired) electrons. The van der Waals surface area contributed by atoms with Gasteiger partial charge in [0.2, 0.25) is 0 Å². The van der Waals surface area contributed by atoms with Gasteiger partial charge in [-0.3, -0.25) is 0 Å². The number of nitrogens with zero attached hydrogens (tertiary/aromatic N) is 1. The van der Waals surface area contributed by atoms with Gasteiger partial charge in [0.15, 0.2) is 0 Å². The smallest absolute Gasteiger partial charge is 0.407 e. The van der Waals surface area contributed by atoms with Gasteiger partial charge in [-0.2, -0.15) is 0 Å². The zero-order valence-electron chi connectivity index (χ0n) is 14.1. The summed E-state index contributed by atoms with van der Waals surface area (Å²) in [7, 11) is 0. The van der Waals surface area contributed by atoms with Crippen LogP contribution >= 0.6 is 0 Å². The fourth-order valence-electron chi connectivity index (χ4n) is 2.93. The van der Waals surface area contributed by atoms with E-state index in [1.54, 1.807) is 0 Å². The van der Waals surface area contributed by atoms with E-state index in [1.807, 2.05) is 26.8 Å². The highest BCUT2D eigenvalue weighted by Gasteiger charge is 2.28. The van der Waals surface area contributed by atoms with Crippen molar-refractivity contribution in [2.75, 3.05) is 18.0 Å². The van der Waals surface area contributed by atoms with Crippen LogP contribution in [0.2, 0.25) is 0 Å². The Morgan fingerprint density at radius 3 is 2.55 bits per heavy atom. The van der Waals surface area contributed by atoms with Gasteiger partial charge in [-0.25, -0.2) is 4.79 Å². The number of hydrogen-bond donors (Lipinski definition) is 1. The van der Waals surface area contributed by atoms with Gasteiger partial charge in [-0.05, 0) is 45.2 Å². The summed E-state index contributed by atoms with van der Waals surface area (Å²) < 4.78 is 5.38. The Bertz CT molecular complexity index is 482. The maximum atomic E-state index is 12.0. The SMILES string of the molecule is CCC1CC(NC(=O)OC(C)(C)C)CN(c2ccccc2)C1. The Balaban J connectivity index is 2.00. The molecule has 122 valence electrons. The lowest BCUT2D eigenvalue weighted by Crippen LogP contribution is -2.51. The molecule has 22 heavy (non-hydrogen) atoms. The highest BCUT2D eigenvalue weighted by molar-refractivity contribution is 5.68. The van der Waals surface area contributed by atoms with E-state index in [0.717, 1.165) is 25.9 Å². The number of hydrogen-bond acceptors (Lipinski definition) is 3. The van der Waals surface area contributed by atoms with Gasteiger partial charge in [0.05, 0.1) is 6.04 Å². The van der Waals surface area contributed by atoms with E-state index < -0.39 is 5.60 Å². The molecule has 2 rings (SSSR count). The van der Waals surface area contributed by atoms with Crippen molar-refractivity contribution in [2.45, 2.75) is 52.2 Å². The minimum Gasteiger partial charge on any atom is -0.444 e. The largest absolute Gasteiger partial charge is 0.444 e. The van der Waals surface area contributed by atoms with E-state index in [2.05, 4.69) is 41.4 Å². The number of nitrogens with one attached hydrogen (secondary N) is 1. The van der Waals surface area contributed by atoms with E-state index >= 15 is 0 Å². The Morgan fingerprint density at radius 1 is 1.27 bits per heavy atom.